The standard InChI is InChI=1S/C18H24ClFN2O2/c1-12-3-4-15(19)14(16(12)20)11-22-7-5-18(6-8-22)9-13(23)10-21(2)17(18)24/h3-4,13,23H,5-11H2,1-2H3. The van der Waals surface area contributed by atoms with Crippen molar-refractivity contribution in [3.05, 3.63) is 34.1 Å². The first-order valence-corrected chi connectivity index (χ1v) is 8.80. The largest absolute Gasteiger partial charge is 0.391 e. The summed E-state index contributed by atoms with van der Waals surface area (Å²) in [6.45, 7) is 4.01. The molecule has 0 aliphatic carbocycles. The molecule has 4 nitrogen and oxygen atoms in total. The SMILES string of the molecule is Cc1ccc(Cl)c(CN2CCC3(CC2)CC(O)CN(C)C3=O)c1F. The fourth-order valence-electron chi connectivity index (χ4n) is 4.05. The fourth-order valence-corrected chi connectivity index (χ4v) is 4.25. The molecule has 6 heteroatoms. The molecule has 2 heterocycles. The minimum absolute atomic E-state index is 0.132. The molecular formula is C18H24ClFN2O2. The molecule has 0 bridgehead atoms. The Morgan fingerprint density at radius 2 is 2.04 bits per heavy atom. The van der Waals surface area contributed by atoms with E-state index in [9.17, 15) is 14.3 Å². The van der Waals surface area contributed by atoms with Gasteiger partial charge in [-0.15, -0.1) is 0 Å². The van der Waals surface area contributed by atoms with Crippen molar-refractivity contribution in [2.75, 3.05) is 26.7 Å². The van der Waals surface area contributed by atoms with Crippen molar-refractivity contribution in [3.63, 3.8) is 0 Å². The smallest absolute Gasteiger partial charge is 0.228 e. The van der Waals surface area contributed by atoms with Gasteiger partial charge in [-0.1, -0.05) is 17.7 Å². The van der Waals surface area contributed by atoms with E-state index in [1.165, 1.54) is 0 Å². The van der Waals surface area contributed by atoms with Crippen LogP contribution in [0.25, 0.3) is 0 Å². The molecule has 0 radical (unpaired) electrons. The van der Waals surface area contributed by atoms with E-state index < -0.39 is 11.5 Å². The summed E-state index contributed by atoms with van der Waals surface area (Å²) < 4.78 is 14.3. The Morgan fingerprint density at radius 3 is 2.71 bits per heavy atom. The van der Waals surface area contributed by atoms with Crippen molar-refractivity contribution in [2.45, 2.75) is 38.8 Å². The highest BCUT2D eigenvalue weighted by Gasteiger charge is 2.47. The third-order valence-corrected chi connectivity index (χ3v) is 5.84. The Bertz CT molecular complexity index is 644. The van der Waals surface area contributed by atoms with Gasteiger partial charge in [0.15, 0.2) is 0 Å². The van der Waals surface area contributed by atoms with E-state index in [0.29, 0.717) is 61.6 Å². The van der Waals surface area contributed by atoms with Crippen molar-refractivity contribution >= 4 is 17.5 Å². The molecule has 1 aromatic rings. The Morgan fingerprint density at radius 1 is 1.38 bits per heavy atom. The number of likely N-dealkylation sites (N-methyl/N-ethyl adjacent to an activating group) is 1. The van der Waals surface area contributed by atoms with Gasteiger partial charge in [0.05, 0.1) is 11.5 Å². The molecule has 1 aromatic carbocycles. The number of carbonyl (C=O) groups is 1. The van der Waals surface area contributed by atoms with E-state index in [1.54, 1.807) is 31.0 Å². The summed E-state index contributed by atoms with van der Waals surface area (Å²) in [6.07, 6.45) is 1.46. The number of likely N-dealkylation sites (tertiary alicyclic amines) is 2. The van der Waals surface area contributed by atoms with Crippen molar-refractivity contribution in [2.24, 2.45) is 5.41 Å². The monoisotopic (exact) mass is 354 g/mol. The number of aliphatic hydroxyl groups excluding tert-OH is 1. The molecule has 1 unspecified atom stereocenters. The van der Waals surface area contributed by atoms with E-state index in [4.69, 9.17) is 11.6 Å². The van der Waals surface area contributed by atoms with Gasteiger partial charge in [0.2, 0.25) is 5.91 Å². The first kappa shape index (κ1) is 17.6. The van der Waals surface area contributed by atoms with Gasteiger partial charge in [0.25, 0.3) is 0 Å². The van der Waals surface area contributed by atoms with E-state index in [-0.39, 0.29) is 11.7 Å². The van der Waals surface area contributed by atoms with E-state index in [0.717, 1.165) is 0 Å². The number of hydrogen-bond acceptors (Lipinski definition) is 3. The van der Waals surface area contributed by atoms with Gasteiger partial charge < -0.3 is 10.0 Å². The lowest BCUT2D eigenvalue weighted by atomic mass is 9.71. The fraction of sp³-hybridized carbons (Fsp3) is 0.611. The molecule has 3 rings (SSSR count). The minimum atomic E-state index is -0.460. The normalized spacial score (nSPS) is 24.6. The van der Waals surface area contributed by atoms with Crippen LogP contribution in [0.4, 0.5) is 4.39 Å². The average Bonchev–Trinajstić information content (AvgIpc) is 2.55. The molecule has 0 aromatic heterocycles. The lowest BCUT2D eigenvalue weighted by molar-refractivity contribution is -0.154. The highest BCUT2D eigenvalue weighted by atomic mass is 35.5. The number of halogens is 2. The van der Waals surface area contributed by atoms with Gasteiger partial charge in [-0.25, -0.2) is 4.39 Å². The predicted molar refractivity (Wildman–Crippen MR) is 91.4 cm³/mol. The zero-order chi connectivity index (χ0) is 17.5. The van der Waals surface area contributed by atoms with Crippen LogP contribution >= 0.6 is 11.6 Å². The predicted octanol–water partition coefficient (Wildman–Crippen LogP) is 2.59. The summed E-state index contributed by atoms with van der Waals surface area (Å²) >= 11 is 6.16. The number of β-amino-alcohol motifs (C(OH)–C–C–N with tert-alkyl or cyclic N) is 1. The highest BCUT2D eigenvalue weighted by molar-refractivity contribution is 6.31. The number of aryl methyl sites for hydroxylation is 1. The number of nitrogens with zero attached hydrogens (tertiary/aromatic N) is 2. The molecule has 24 heavy (non-hydrogen) atoms. The van der Waals surface area contributed by atoms with Gasteiger partial charge in [-0.3, -0.25) is 9.69 Å². The van der Waals surface area contributed by atoms with Crippen LogP contribution < -0.4 is 0 Å². The van der Waals surface area contributed by atoms with E-state index in [1.807, 2.05) is 0 Å². The molecule has 2 saturated heterocycles. The maximum Gasteiger partial charge on any atom is 0.228 e. The first-order valence-electron chi connectivity index (χ1n) is 8.42. The van der Waals surface area contributed by atoms with Crippen LogP contribution in [0.15, 0.2) is 12.1 Å². The molecule has 0 saturated carbocycles. The number of rotatable bonds is 2. The Hall–Kier alpha value is -1.17. The second-order valence-corrected chi connectivity index (χ2v) is 7.66. The summed E-state index contributed by atoms with van der Waals surface area (Å²) in [5, 5.41) is 10.5. The average molecular weight is 355 g/mol. The molecule has 2 aliphatic heterocycles. The molecule has 1 amide bonds. The van der Waals surface area contributed by atoms with Crippen molar-refractivity contribution in [3.8, 4) is 0 Å². The summed E-state index contributed by atoms with van der Waals surface area (Å²) in [7, 11) is 1.75. The number of aliphatic hydroxyl groups is 1. The summed E-state index contributed by atoms with van der Waals surface area (Å²) in [5.74, 6) is -0.112. The number of carbonyl (C=O) groups excluding carboxylic acids is 1. The quantitative estimate of drug-likeness (QED) is 0.887. The van der Waals surface area contributed by atoms with Gasteiger partial charge >= 0.3 is 0 Å². The minimum Gasteiger partial charge on any atom is -0.391 e. The van der Waals surface area contributed by atoms with Crippen LogP contribution in [0.2, 0.25) is 5.02 Å². The lowest BCUT2D eigenvalue weighted by Gasteiger charge is -2.47. The summed E-state index contributed by atoms with van der Waals surface area (Å²) in [4.78, 5) is 16.4. The van der Waals surface area contributed by atoms with Gasteiger partial charge in [-0.05, 0) is 50.9 Å². The molecule has 2 aliphatic rings. The topological polar surface area (TPSA) is 43.8 Å². The molecule has 132 valence electrons. The van der Waals surface area contributed by atoms with Crippen LogP contribution in [-0.4, -0.2) is 53.6 Å². The van der Waals surface area contributed by atoms with Gasteiger partial charge in [0, 0.05) is 30.7 Å². The van der Waals surface area contributed by atoms with Crippen molar-refractivity contribution < 1.29 is 14.3 Å². The molecule has 1 N–H and O–H groups in total. The lowest BCUT2D eigenvalue weighted by Crippen LogP contribution is -2.56. The zero-order valence-electron chi connectivity index (χ0n) is 14.2. The first-order chi connectivity index (χ1) is 11.3. The number of benzene rings is 1. The van der Waals surface area contributed by atoms with Crippen LogP contribution in [0.3, 0.4) is 0 Å². The Labute approximate surface area is 147 Å². The molecular weight excluding hydrogens is 331 g/mol. The van der Waals surface area contributed by atoms with Gasteiger partial charge in [-0.2, -0.15) is 0 Å². The molecule has 1 atom stereocenters. The van der Waals surface area contributed by atoms with Gasteiger partial charge in [0.1, 0.15) is 5.82 Å². The zero-order valence-corrected chi connectivity index (χ0v) is 14.9. The molecule has 2 fully saturated rings. The van der Waals surface area contributed by atoms with Crippen LogP contribution in [0.1, 0.15) is 30.4 Å². The van der Waals surface area contributed by atoms with E-state index in [2.05, 4.69) is 4.90 Å². The highest BCUT2D eigenvalue weighted by Crippen LogP contribution is 2.41. The number of hydrogen-bond donors (Lipinski definition) is 1. The second-order valence-electron chi connectivity index (χ2n) is 7.26. The number of amides is 1. The Balaban J connectivity index is 1.70. The summed E-state index contributed by atoms with van der Waals surface area (Å²) in [6, 6.07) is 3.42. The summed E-state index contributed by atoms with van der Waals surface area (Å²) in [5.41, 5.74) is 0.660. The van der Waals surface area contributed by atoms with E-state index >= 15 is 0 Å². The van der Waals surface area contributed by atoms with Crippen LogP contribution in [-0.2, 0) is 11.3 Å². The van der Waals surface area contributed by atoms with Crippen molar-refractivity contribution in [1.29, 1.82) is 0 Å². The maximum absolute atomic E-state index is 14.3. The second kappa shape index (κ2) is 6.62. The van der Waals surface area contributed by atoms with Crippen molar-refractivity contribution in [1.82, 2.24) is 9.80 Å². The number of piperidine rings is 2. The van der Waals surface area contributed by atoms with Crippen LogP contribution in [0, 0.1) is 18.2 Å². The van der Waals surface area contributed by atoms with Crippen LogP contribution in [0.5, 0.6) is 0 Å². The third kappa shape index (κ3) is 3.17. The third-order valence-electron chi connectivity index (χ3n) is 5.49. The Kier molecular flexibility index (Phi) is 4.87. The maximum atomic E-state index is 14.3. The molecule has 1 spiro atoms.